The molecule has 1 atom stereocenters. The molecule has 9 heteroatoms. The highest BCUT2D eigenvalue weighted by molar-refractivity contribution is 7.89. The van der Waals surface area contributed by atoms with Gasteiger partial charge in [-0.2, -0.15) is 4.31 Å². The molecule has 6 nitrogen and oxygen atoms in total. The van der Waals surface area contributed by atoms with Crippen molar-refractivity contribution in [3.8, 4) is 0 Å². The molecule has 0 aliphatic carbocycles. The Labute approximate surface area is 145 Å². The average Bonchev–Trinajstić information content (AvgIpc) is 2.47. The molecule has 1 N–H and O–H groups in total. The SMILES string of the molecule is O=C(O)COCC1CCCCN1S(=O)(=O)c1c(Cl)cccc1Cl. The summed E-state index contributed by atoms with van der Waals surface area (Å²) < 4.78 is 32.2. The fourth-order valence-corrected chi connectivity index (χ4v) is 5.36. The maximum Gasteiger partial charge on any atom is 0.329 e. The van der Waals surface area contributed by atoms with Crippen LogP contribution in [-0.4, -0.2) is 49.6 Å². The van der Waals surface area contributed by atoms with Crippen molar-refractivity contribution in [2.45, 2.75) is 30.2 Å². The minimum Gasteiger partial charge on any atom is -0.480 e. The number of carbonyl (C=O) groups is 1. The lowest BCUT2D eigenvalue weighted by Crippen LogP contribution is -2.46. The van der Waals surface area contributed by atoms with Crippen LogP contribution in [-0.2, 0) is 19.6 Å². The van der Waals surface area contributed by atoms with E-state index in [1.807, 2.05) is 0 Å². The van der Waals surface area contributed by atoms with Crippen molar-refractivity contribution in [2.75, 3.05) is 19.8 Å². The monoisotopic (exact) mass is 381 g/mol. The molecular formula is C14H17Cl2NO5S. The van der Waals surface area contributed by atoms with Crippen LogP contribution < -0.4 is 0 Å². The van der Waals surface area contributed by atoms with E-state index < -0.39 is 28.6 Å². The van der Waals surface area contributed by atoms with Gasteiger partial charge in [0, 0.05) is 12.6 Å². The fourth-order valence-electron chi connectivity index (χ4n) is 2.59. The van der Waals surface area contributed by atoms with E-state index in [2.05, 4.69) is 0 Å². The zero-order chi connectivity index (χ0) is 17.0. The standard InChI is InChI=1S/C14H17Cl2NO5S/c15-11-5-3-6-12(16)14(11)23(20,21)17-7-2-1-4-10(17)8-22-9-13(18)19/h3,5-6,10H,1-2,4,7-9H2,(H,18,19). The smallest absolute Gasteiger partial charge is 0.329 e. The summed E-state index contributed by atoms with van der Waals surface area (Å²) in [5.74, 6) is -1.09. The quantitative estimate of drug-likeness (QED) is 0.818. The Bertz CT molecular complexity index is 659. The molecule has 0 radical (unpaired) electrons. The topological polar surface area (TPSA) is 83.9 Å². The molecule has 1 fully saturated rings. The van der Waals surface area contributed by atoms with Crippen molar-refractivity contribution in [3.05, 3.63) is 28.2 Å². The number of rotatable bonds is 6. The maximum atomic E-state index is 12.9. The van der Waals surface area contributed by atoms with Crippen molar-refractivity contribution in [1.29, 1.82) is 0 Å². The van der Waals surface area contributed by atoms with Crippen LogP contribution in [0.5, 0.6) is 0 Å². The second-order valence-corrected chi connectivity index (χ2v) is 7.87. The number of carboxylic acids is 1. The summed E-state index contributed by atoms with van der Waals surface area (Å²) in [5, 5.41) is 8.75. The second kappa shape index (κ2) is 7.81. The predicted molar refractivity (Wildman–Crippen MR) is 86.4 cm³/mol. The van der Waals surface area contributed by atoms with Crippen LogP contribution in [0.2, 0.25) is 10.0 Å². The molecule has 0 spiro atoms. The Balaban J connectivity index is 2.26. The lowest BCUT2D eigenvalue weighted by atomic mass is 10.1. The first-order valence-corrected chi connectivity index (χ1v) is 9.29. The van der Waals surface area contributed by atoms with Gasteiger partial charge >= 0.3 is 5.97 Å². The molecule has 0 bridgehead atoms. The van der Waals surface area contributed by atoms with Crippen LogP contribution in [0.15, 0.2) is 23.1 Å². The number of aliphatic carboxylic acids is 1. The highest BCUT2D eigenvalue weighted by Crippen LogP contribution is 2.34. The summed E-state index contributed by atoms with van der Waals surface area (Å²) in [6.07, 6.45) is 2.17. The highest BCUT2D eigenvalue weighted by Gasteiger charge is 2.36. The van der Waals surface area contributed by atoms with E-state index in [1.54, 1.807) is 6.07 Å². The Morgan fingerprint density at radius 2 is 1.96 bits per heavy atom. The number of hydrogen-bond donors (Lipinski definition) is 1. The molecule has 1 heterocycles. The van der Waals surface area contributed by atoms with E-state index in [-0.39, 0.29) is 21.5 Å². The molecule has 0 amide bonds. The van der Waals surface area contributed by atoms with E-state index in [1.165, 1.54) is 16.4 Å². The van der Waals surface area contributed by atoms with Crippen molar-refractivity contribution in [2.24, 2.45) is 0 Å². The van der Waals surface area contributed by atoms with E-state index in [0.29, 0.717) is 13.0 Å². The molecule has 0 saturated carbocycles. The average molecular weight is 382 g/mol. The van der Waals surface area contributed by atoms with E-state index in [0.717, 1.165) is 12.8 Å². The van der Waals surface area contributed by atoms with Gasteiger partial charge < -0.3 is 9.84 Å². The van der Waals surface area contributed by atoms with Gasteiger partial charge in [-0.3, -0.25) is 0 Å². The maximum absolute atomic E-state index is 12.9. The first kappa shape index (κ1) is 18.5. The highest BCUT2D eigenvalue weighted by atomic mass is 35.5. The molecular weight excluding hydrogens is 365 g/mol. The lowest BCUT2D eigenvalue weighted by Gasteiger charge is -2.34. The minimum atomic E-state index is -3.88. The Hall–Kier alpha value is -0.860. The van der Waals surface area contributed by atoms with Crippen LogP contribution >= 0.6 is 23.2 Å². The van der Waals surface area contributed by atoms with Crippen molar-refractivity contribution < 1.29 is 23.1 Å². The van der Waals surface area contributed by atoms with Gasteiger partial charge in [-0.05, 0) is 25.0 Å². The molecule has 1 aromatic rings. The molecule has 128 valence electrons. The van der Waals surface area contributed by atoms with Crippen LogP contribution in [0.3, 0.4) is 0 Å². The van der Waals surface area contributed by atoms with Gasteiger partial charge in [-0.25, -0.2) is 13.2 Å². The number of hydrogen-bond acceptors (Lipinski definition) is 4. The summed E-state index contributed by atoms with van der Waals surface area (Å²) in [4.78, 5) is 10.4. The molecule has 2 rings (SSSR count). The summed E-state index contributed by atoms with van der Waals surface area (Å²) in [6.45, 7) is -0.115. The number of sulfonamides is 1. The first-order chi connectivity index (χ1) is 10.8. The van der Waals surface area contributed by atoms with Crippen LogP contribution in [0, 0.1) is 0 Å². The Morgan fingerprint density at radius 3 is 2.57 bits per heavy atom. The second-order valence-electron chi connectivity index (χ2n) is 5.23. The molecule has 1 aromatic carbocycles. The summed E-state index contributed by atoms with van der Waals surface area (Å²) >= 11 is 12.1. The Morgan fingerprint density at radius 1 is 1.30 bits per heavy atom. The first-order valence-electron chi connectivity index (χ1n) is 7.09. The lowest BCUT2D eigenvalue weighted by molar-refractivity contribution is -0.142. The summed E-state index contributed by atoms with van der Waals surface area (Å²) in [6, 6.07) is 4.09. The third-order valence-electron chi connectivity index (χ3n) is 3.59. The van der Waals surface area contributed by atoms with Crippen LogP contribution in [0.4, 0.5) is 0 Å². The molecule has 23 heavy (non-hydrogen) atoms. The van der Waals surface area contributed by atoms with Gasteiger partial charge in [0.1, 0.15) is 11.5 Å². The van der Waals surface area contributed by atoms with Gasteiger partial charge in [-0.15, -0.1) is 0 Å². The largest absolute Gasteiger partial charge is 0.480 e. The molecule has 1 aliphatic rings. The van der Waals surface area contributed by atoms with Crippen LogP contribution in [0.25, 0.3) is 0 Å². The van der Waals surface area contributed by atoms with E-state index >= 15 is 0 Å². The molecule has 0 aromatic heterocycles. The van der Waals surface area contributed by atoms with Gasteiger partial charge in [-0.1, -0.05) is 35.7 Å². The predicted octanol–water partition coefficient (Wildman–Crippen LogP) is 2.64. The molecule has 1 unspecified atom stereocenters. The minimum absolute atomic E-state index is 0.0214. The van der Waals surface area contributed by atoms with E-state index in [4.69, 9.17) is 33.0 Å². The van der Waals surface area contributed by atoms with Gasteiger partial charge in [0.2, 0.25) is 10.0 Å². The zero-order valence-corrected chi connectivity index (χ0v) is 14.6. The van der Waals surface area contributed by atoms with Crippen LogP contribution in [0.1, 0.15) is 19.3 Å². The molecule has 1 saturated heterocycles. The normalized spacial score (nSPS) is 19.7. The third-order valence-corrected chi connectivity index (χ3v) is 6.50. The number of nitrogens with zero attached hydrogens (tertiary/aromatic N) is 1. The summed E-state index contributed by atoms with van der Waals surface area (Å²) in [7, 11) is -3.88. The number of benzene rings is 1. The third kappa shape index (κ3) is 4.36. The van der Waals surface area contributed by atoms with Crippen molar-refractivity contribution in [1.82, 2.24) is 4.31 Å². The van der Waals surface area contributed by atoms with Gasteiger partial charge in [0.05, 0.1) is 16.7 Å². The fraction of sp³-hybridized carbons (Fsp3) is 0.500. The van der Waals surface area contributed by atoms with Gasteiger partial charge in [0.15, 0.2) is 0 Å². The van der Waals surface area contributed by atoms with Crippen molar-refractivity contribution >= 4 is 39.2 Å². The Kier molecular flexibility index (Phi) is 6.27. The molecule has 1 aliphatic heterocycles. The zero-order valence-electron chi connectivity index (χ0n) is 12.2. The summed E-state index contributed by atoms with van der Waals surface area (Å²) in [5.41, 5.74) is 0. The van der Waals surface area contributed by atoms with E-state index in [9.17, 15) is 13.2 Å². The number of halogens is 2. The van der Waals surface area contributed by atoms with Gasteiger partial charge in [0.25, 0.3) is 0 Å². The number of piperidine rings is 1. The number of ether oxygens (including phenoxy) is 1. The number of carboxylic acid groups (broad SMARTS) is 1. The van der Waals surface area contributed by atoms with Crippen molar-refractivity contribution in [3.63, 3.8) is 0 Å².